The molecule has 2 atom stereocenters. The number of oxime groups is 1. The molecule has 158 valence electrons. The third-order valence-corrected chi connectivity index (χ3v) is 6.15. The Morgan fingerprint density at radius 2 is 1.97 bits per heavy atom. The molecule has 1 saturated heterocycles. The molecular weight excluding hydrogens is 380 g/mol. The minimum Gasteiger partial charge on any atom is -0.386 e. The number of hydrogen-bond donors (Lipinski definition) is 2. The highest BCUT2D eigenvalue weighted by atomic mass is 16.7. The van der Waals surface area contributed by atoms with Crippen LogP contribution in [0.15, 0.2) is 53.8 Å². The Kier molecular flexibility index (Phi) is 5.34. The molecule has 2 N–H and O–H groups in total. The Morgan fingerprint density at radius 1 is 1.20 bits per heavy atom. The van der Waals surface area contributed by atoms with Crippen molar-refractivity contribution in [3.63, 3.8) is 0 Å². The van der Waals surface area contributed by atoms with E-state index in [9.17, 15) is 9.90 Å². The van der Waals surface area contributed by atoms with Crippen LogP contribution in [0.25, 0.3) is 0 Å². The second-order valence-corrected chi connectivity index (χ2v) is 8.55. The number of pyridine rings is 1. The molecule has 30 heavy (non-hydrogen) atoms. The number of nitrogens with one attached hydrogen (secondary N) is 1. The minimum atomic E-state index is -1.23. The number of hydrogen-bond acceptors (Lipinski definition) is 6. The van der Waals surface area contributed by atoms with E-state index in [4.69, 9.17) is 4.84 Å². The second kappa shape index (κ2) is 7.81. The van der Waals surface area contributed by atoms with Crippen LogP contribution in [0.1, 0.15) is 49.5 Å². The number of aliphatic hydroxyl groups is 1. The van der Waals surface area contributed by atoms with Crippen LogP contribution in [-0.2, 0) is 4.84 Å². The number of carbonyl (C=O) groups excluding carboxylic acids is 1. The summed E-state index contributed by atoms with van der Waals surface area (Å²) in [6.07, 6.45) is 3.65. The second-order valence-electron chi connectivity index (χ2n) is 8.55. The lowest BCUT2D eigenvalue weighted by atomic mass is 9.81. The monoisotopic (exact) mass is 408 g/mol. The van der Waals surface area contributed by atoms with E-state index in [1.807, 2.05) is 18.2 Å². The predicted molar refractivity (Wildman–Crippen MR) is 116 cm³/mol. The molecule has 0 radical (unpaired) electrons. The lowest BCUT2D eigenvalue weighted by Gasteiger charge is -2.34. The summed E-state index contributed by atoms with van der Waals surface area (Å²) in [6, 6.07) is 12.8. The number of amides is 1. The van der Waals surface area contributed by atoms with E-state index >= 15 is 0 Å². The molecule has 1 amide bonds. The van der Waals surface area contributed by atoms with Gasteiger partial charge in [-0.1, -0.05) is 23.4 Å². The number of aromatic nitrogens is 1. The fraction of sp³-hybridized carbons (Fsp3) is 0.435. The summed E-state index contributed by atoms with van der Waals surface area (Å²) in [5, 5.41) is 18.3. The summed E-state index contributed by atoms with van der Waals surface area (Å²) in [6.45, 7) is 6.99. The summed E-state index contributed by atoms with van der Waals surface area (Å²) in [5.74, 6) is 0.559. The van der Waals surface area contributed by atoms with Gasteiger partial charge in [-0.05, 0) is 64.4 Å². The first-order chi connectivity index (χ1) is 14.3. The van der Waals surface area contributed by atoms with E-state index in [0.717, 1.165) is 31.5 Å². The molecule has 1 fully saturated rings. The summed E-state index contributed by atoms with van der Waals surface area (Å²) in [7, 11) is 0. The molecule has 2 aliphatic heterocycles. The first kappa shape index (κ1) is 20.5. The number of anilines is 1. The van der Waals surface area contributed by atoms with Crippen molar-refractivity contribution in [1.82, 2.24) is 10.3 Å². The van der Waals surface area contributed by atoms with Gasteiger partial charge in [0, 0.05) is 23.9 Å². The van der Waals surface area contributed by atoms with E-state index in [1.54, 1.807) is 56.1 Å². The van der Waals surface area contributed by atoms with Crippen LogP contribution in [0.4, 0.5) is 5.82 Å². The van der Waals surface area contributed by atoms with Crippen LogP contribution >= 0.6 is 0 Å². The molecule has 7 nitrogen and oxygen atoms in total. The van der Waals surface area contributed by atoms with Gasteiger partial charge < -0.3 is 15.3 Å². The summed E-state index contributed by atoms with van der Waals surface area (Å²) in [5.41, 5.74) is -0.295. The predicted octanol–water partition coefficient (Wildman–Crippen LogP) is 2.74. The zero-order chi connectivity index (χ0) is 21.4. The van der Waals surface area contributed by atoms with Crippen molar-refractivity contribution in [2.75, 3.05) is 18.0 Å². The molecular formula is C23H28N4O3. The van der Waals surface area contributed by atoms with Gasteiger partial charge >= 0.3 is 0 Å². The van der Waals surface area contributed by atoms with Crippen LogP contribution in [0.2, 0.25) is 0 Å². The van der Waals surface area contributed by atoms with Gasteiger partial charge in [0.2, 0.25) is 0 Å². The van der Waals surface area contributed by atoms with Crippen LogP contribution < -0.4 is 10.2 Å². The Morgan fingerprint density at radius 3 is 2.53 bits per heavy atom. The van der Waals surface area contributed by atoms with Gasteiger partial charge in [0.15, 0.2) is 5.60 Å². The summed E-state index contributed by atoms with van der Waals surface area (Å²) >= 11 is 0. The molecule has 2 unspecified atom stereocenters. The third kappa shape index (κ3) is 3.59. The Balaban J connectivity index is 1.62. The van der Waals surface area contributed by atoms with E-state index in [2.05, 4.69) is 15.5 Å². The number of carbonyl (C=O) groups is 1. The summed E-state index contributed by atoms with van der Waals surface area (Å²) < 4.78 is 0. The van der Waals surface area contributed by atoms with Crippen LogP contribution in [-0.4, -0.2) is 52.0 Å². The highest BCUT2D eigenvalue weighted by Crippen LogP contribution is 2.35. The Bertz CT molecular complexity index is 933. The molecule has 0 spiro atoms. The maximum absolute atomic E-state index is 13.5. The number of piperidine rings is 1. The SMILES string of the molecule is CC1(C)ON=C(c2ccc(C(=O)N(c3ccccn3)C3CCCNC3)cc2)C1(C)O. The summed E-state index contributed by atoms with van der Waals surface area (Å²) in [4.78, 5) is 25.1. The zero-order valence-electron chi connectivity index (χ0n) is 17.6. The maximum Gasteiger partial charge on any atom is 0.259 e. The van der Waals surface area contributed by atoms with Crippen molar-refractivity contribution in [1.29, 1.82) is 0 Å². The molecule has 2 aliphatic rings. The van der Waals surface area contributed by atoms with Crippen molar-refractivity contribution >= 4 is 17.4 Å². The van der Waals surface area contributed by atoms with Crippen molar-refractivity contribution in [2.24, 2.45) is 5.16 Å². The highest BCUT2D eigenvalue weighted by Gasteiger charge is 2.51. The molecule has 1 aromatic carbocycles. The molecule has 7 heteroatoms. The van der Waals surface area contributed by atoms with Crippen molar-refractivity contribution in [3.05, 3.63) is 59.8 Å². The molecule has 2 aromatic rings. The first-order valence-electron chi connectivity index (χ1n) is 10.4. The molecule has 4 rings (SSSR count). The van der Waals surface area contributed by atoms with Gasteiger partial charge in [-0.25, -0.2) is 4.98 Å². The Labute approximate surface area is 176 Å². The van der Waals surface area contributed by atoms with Gasteiger partial charge in [0.1, 0.15) is 17.1 Å². The Hall–Kier alpha value is -2.77. The largest absolute Gasteiger partial charge is 0.386 e. The van der Waals surface area contributed by atoms with Crippen LogP contribution in [0.3, 0.4) is 0 Å². The van der Waals surface area contributed by atoms with Gasteiger partial charge in [-0.15, -0.1) is 0 Å². The van der Waals surface area contributed by atoms with Gasteiger partial charge in [0.25, 0.3) is 5.91 Å². The lowest BCUT2D eigenvalue weighted by molar-refractivity contribution is -0.0936. The topological polar surface area (TPSA) is 87.0 Å². The fourth-order valence-electron chi connectivity index (χ4n) is 3.87. The van der Waals surface area contributed by atoms with Crippen molar-refractivity contribution in [2.45, 2.75) is 50.9 Å². The van der Waals surface area contributed by atoms with Crippen LogP contribution in [0, 0.1) is 0 Å². The number of rotatable bonds is 4. The molecule has 0 saturated carbocycles. The lowest BCUT2D eigenvalue weighted by Crippen LogP contribution is -2.50. The average molecular weight is 409 g/mol. The minimum absolute atomic E-state index is 0.0509. The van der Waals surface area contributed by atoms with E-state index in [1.165, 1.54) is 0 Å². The highest BCUT2D eigenvalue weighted by molar-refractivity contribution is 6.09. The van der Waals surface area contributed by atoms with Gasteiger partial charge in [-0.2, -0.15) is 0 Å². The molecule has 1 aromatic heterocycles. The maximum atomic E-state index is 13.5. The first-order valence-corrected chi connectivity index (χ1v) is 10.4. The van der Waals surface area contributed by atoms with Crippen molar-refractivity contribution < 1.29 is 14.7 Å². The molecule has 3 heterocycles. The quantitative estimate of drug-likeness (QED) is 0.812. The smallest absolute Gasteiger partial charge is 0.259 e. The molecule has 0 aliphatic carbocycles. The molecule has 0 bridgehead atoms. The van der Waals surface area contributed by atoms with E-state index in [-0.39, 0.29) is 11.9 Å². The van der Waals surface area contributed by atoms with Crippen molar-refractivity contribution in [3.8, 4) is 0 Å². The standard InChI is InChI=1S/C23H28N4O3/c1-22(2)23(3,29)20(26-30-22)16-9-11-17(12-10-16)21(28)27(18-7-6-13-24-15-18)19-8-4-5-14-25-19/h4-5,8-12,14,18,24,29H,6-7,13,15H2,1-3H3. The van der Waals surface area contributed by atoms with E-state index in [0.29, 0.717) is 17.1 Å². The normalized spacial score (nSPS) is 25.3. The number of benzene rings is 1. The zero-order valence-corrected chi connectivity index (χ0v) is 17.6. The fourth-order valence-corrected chi connectivity index (χ4v) is 3.87. The van der Waals surface area contributed by atoms with Gasteiger partial charge in [0.05, 0.1) is 6.04 Å². The third-order valence-electron chi connectivity index (χ3n) is 6.15. The number of nitrogens with zero attached hydrogens (tertiary/aromatic N) is 3. The van der Waals surface area contributed by atoms with Crippen LogP contribution in [0.5, 0.6) is 0 Å². The average Bonchev–Trinajstić information content (AvgIpc) is 2.97. The van der Waals surface area contributed by atoms with Gasteiger partial charge in [-0.3, -0.25) is 9.69 Å². The van der Waals surface area contributed by atoms with E-state index < -0.39 is 11.2 Å².